The first-order chi connectivity index (χ1) is 13.0. The van der Waals surface area contributed by atoms with Gasteiger partial charge < -0.3 is 10.1 Å². The molecule has 1 amide bonds. The molecule has 0 saturated heterocycles. The van der Waals surface area contributed by atoms with E-state index >= 15 is 0 Å². The van der Waals surface area contributed by atoms with Crippen molar-refractivity contribution in [2.45, 2.75) is 71.4 Å². The molecule has 1 aliphatic carbocycles. The maximum absolute atomic E-state index is 12.9. The van der Waals surface area contributed by atoms with E-state index in [2.05, 4.69) is 10.3 Å². The molecule has 1 heterocycles. The fraction of sp³-hybridized carbons (Fsp3) is 0.500. The molecule has 3 rings (SSSR count). The summed E-state index contributed by atoms with van der Waals surface area (Å²) < 4.78 is 5.55. The van der Waals surface area contributed by atoms with Crippen molar-refractivity contribution in [1.29, 1.82) is 0 Å². The minimum atomic E-state index is -0.823. The Bertz CT molecular complexity index is 841. The number of nitrogens with zero attached hydrogens (tertiary/aromatic N) is 1. The van der Waals surface area contributed by atoms with Crippen LogP contribution in [0.4, 0.5) is 0 Å². The molecular formula is C22H28N2O3. The predicted octanol–water partition coefficient (Wildman–Crippen LogP) is 4.10. The van der Waals surface area contributed by atoms with E-state index < -0.39 is 12.1 Å². The summed E-state index contributed by atoms with van der Waals surface area (Å²) in [5, 5.41) is 3.78. The highest BCUT2D eigenvalue weighted by molar-refractivity contribution is 6.05. The van der Waals surface area contributed by atoms with Crippen molar-refractivity contribution >= 4 is 22.8 Å². The van der Waals surface area contributed by atoms with Crippen LogP contribution in [0.15, 0.2) is 24.3 Å². The molecule has 1 atom stereocenters. The van der Waals surface area contributed by atoms with Crippen LogP contribution in [-0.4, -0.2) is 29.0 Å². The summed E-state index contributed by atoms with van der Waals surface area (Å²) in [5.41, 5.74) is 2.97. The van der Waals surface area contributed by atoms with Gasteiger partial charge >= 0.3 is 5.97 Å². The second-order valence-corrected chi connectivity index (χ2v) is 7.32. The number of para-hydroxylation sites is 1. The van der Waals surface area contributed by atoms with Crippen LogP contribution in [0.2, 0.25) is 0 Å². The van der Waals surface area contributed by atoms with Crippen LogP contribution in [0.1, 0.15) is 67.6 Å². The molecule has 1 fully saturated rings. The number of benzene rings is 1. The average Bonchev–Trinajstić information content (AvgIpc) is 2.68. The zero-order valence-corrected chi connectivity index (χ0v) is 16.4. The zero-order valence-electron chi connectivity index (χ0n) is 16.4. The van der Waals surface area contributed by atoms with Crippen LogP contribution in [-0.2, 0) is 16.0 Å². The van der Waals surface area contributed by atoms with Gasteiger partial charge in [0.2, 0.25) is 0 Å². The van der Waals surface area contributed by atoms with Crippen molar-refractivity contribution in [3.8, 4) is 0 Å². The number of esters is 1. The number of hydrogen-bond donors (Lipinski definition) is 1. The highest BCUT2D eigenvalue weighted by Gasteiger charge is 2.25. The third kappa shape index (κ3) is 4.29. The number of amides is 1. The van der Waals surface area contributed by atoms with Crippen molar-refractivity contribution in [2.24, 2.45) is 0 Å². The van der Waals surface area contributed by atoms with E-state index in [1.54, 1.807) is 6.92 Å². The molecule has 5 heteroatoms. The van der Waals surface area contributed by atoms with E-state index in [0.717, 1.165) is 54.3 Å². The zero-order chi connectivity index (χ0) is 19.4. The van der Waals surface area contributed by atoms with Gasteiger partial charge in [-0.2, -0.15) is 0 Å². The second kappa shape index (κ2) is 8.51. The number of carbonyl (C=O) groups excluding carboxylic acids is 2. The SMILES string of the molecule is CCc1nc2ccccc2c(C(=O)O[C@H](C)C(=O)NC2CCCCC2)c1C. The molecule has 1 N–H and O–H groups in total. The van der Waals surface area contributed by atoms with Gasteiger partial charge in [0.25, 0.3) is 5.91 Å². The van der Waals surface area contributed by atoms with E-state index in [0.29, 0.717) is 5.56 Å². The molecule has 0 radical (unpaired) electrons. The lowest BCUT2D eigenvalue weighted by atomic mass is 9.95. The number of hydrogen-bond acceptors (Lipinski definition) is 4. The summed E-state index contributed by atoms with van der Waals surface area (Å²) in [7, 11) is 0. The number of aromatic nitrogens is 1. The van der Waals surface area contributed by atoms with Crippen LogP contribution in [0.25, 0.3) is 10.9 Å². The predicted molar refractivity (Wildman–Crippen MR) is 106 cm³/mol. The average molecular weight is 368 g/mol. The van der Waals surface area contributed by atoms with E-state index in [4.69, 9.17) is 4.74 Å². The van der Waals surface area contributed by atoms with Gasteiger partial charge in [-0.05, 0) is 44.7 Å². The Balaban J connectivity index is 1.79. The fourth-order valence-electron chi connectivity index (χ4n) is 3.80. The van der Waals surface area contributed by atoms with Gasteiger partial charge in [-0.25, -0.2) is 4.79 Å². The minimum absolute atomic E-state index is 0.197. The lowest BCUT2D eigenvalue weighted by molar-refractivity contribution is -0.130. The summed E-state index contributed by atoms with van der Waals surface area (Å²) in [5.74, 6) is -0.686. The minimum Gasteiger partial charge on any atom is -0.449 e. The van der Waals surface area contributed by atoms with Crippen molar-refractivity contribution in [3.05, 3.63) is 41.1 Å². The third-order valence-corrected chi connectivity index (χ3v) is 5.38. The van der Waals surface area contributed by atoms with Crippen LogP contribution in [0.5, 0.6) is 0 Å². The molecule has 0 unspecified atom stereocenters. The summed E-state index contributed by atoms with van der Waals surface area (Å²) in [4.78, 5) is 30.0. The lowest BCUT2D eigenvalue weighted by Crippen LogP contribution is -2.42. The van der Waals surface area contributed by atoms with Crippen molar-refractivity contribution in [3.63, 3.8) is 0 Å². The topological polar surface area (TPSA) is 68.3 Å². The fourth-order valence-corrected chi connectivity index (χ4v) is 3.80. The summed E-state index contributed by atoms with van der Waals surface area (Å²) >= 11 is 0. The third-order valence-electron chi connectivity index (χ3n) is 5.38. The first kappa shape index (κ1) is 19.3. The van der Waals surface area contributed by atoms with E-state index in [1.165, 1.54) is 6.42 Å². The highest BCUT2D eigenvalue weighted by atomic mass is 16.5. The van der Waals surface area contributed by atoms with Crippen LogP contribution >= 0.6 is 0 Å². The number of ether oxygens (including phenoxy) is 1. The molecule has 1 aliphatic rings. The van der Waals surface area contributed by atoms with Gasteiger partial charge in [0.15, 0.2) is 6.10 Å². The maximum atomic E-state index is 12.9. The molecular weight excluding hydrogens is 340 g/mol. The van der Waals surface area contributed by atoms with E-state index in [9.17, 15) is 9.59 Å². The standard InChI is InChI=1S/C22H28N2O3/c1-4-18-14(2)20(17-12-8-9-13-19(17)24-18)22(26)27-15(3)21(25)23-16-10-6-5-7-11-16/h8-9,12-13,15-16H,4-7,10-11H2,1-3H3,(H,23,25)/t15-/m1/s1. The Morgan fingerprint density at radius 3 is 2.63 bits per heavy atom. The smallest absolute Gasteiger partial charge is 0.339 e. The molecule has 5 nitrogen and oxygen atoms in total. The summed E-state index contributed by atoms with van der Waals surface area (Å²) in [6.07, 6.45) is 5.42. The van der Waals surface area contributed by atoms with Gasteiger partial charge in [0.05, 0.1) is 11.1 Å². The molecule has 1 aromatic heterocycles. The Labute approximate surface area is 160 Å². The Morgan fingerprint density at radius 1 is 1.22 bits per heavy atom. The molecule has 1 aromatic carbocycles. The van der Waals surface area contributed by atoms with Crippen LogP contribution in [0.3, 0.4) is 0 Å². The molecule has 1 saturated carbocycles. The van der Waals surface area contributed by atoms with Crippen molar-refractivity contribution in [2.75, 3.05) is 0 Å². The van der Waals surface area contributed by atoms with Crippen LogP contribution in [0, 0.1) is 6.92 Å². The lowest BCUT2D eigenvalue weighted by Gasteiger charge is -2.24. The van der Waals surface area contributed by atoms with E-state index in [-0.39, 0.29) is 11.9 Å². The molecule has 27 heavy (non-hydrogen) atoms. The first-order valence-corrected chi connectivity index (χ1v) is 9.90. The highest BCUT2D eigenvalue weighted by Crippen LogP contribution is 2.25. The molecule has 0 aliphatic heterocycles. The van der Waals surface area contributed by atoms with Gasteiger partial charge in [0.1, 0.15) is 0 Å². The Kier molecular flexibility index (Phi) is 6.09. The molecule has 0 bridgehead atoms. The largest absolute Gasteiger partial charge is 0.449 e. The van der Waals surface area contributed by atoms with Crippen molar-refractivity contribution < 1.29 is 14.3 Å². The number of aryl methyl sites for hydroxylation is 1. The Hall–Kier alpha value is -2.43. The number of rotatable bonds is 5. The van der Waals surface area contributed by atoms with Crippen LogP contribution < -0.4 is 5.32 Å². The van der Waals surface area contributed by atoms with Gasteiger partial charge in [-0.3, -0.25) is 9.78 Å². The molecule has 0 spiro atoms. The Morgan fingerprint density at radius 2 is 1.93 bits per heavy atom. The second-order valence-electron chi connectivity index (χ2n) is 7.32. The molecule has 2 aromatic rings. The monoisotopic (exact) mass is 368 g/mol. The van der Waals surface area contributed by atoms with Gasteiger partial charge in [-0.1, -0.05) is 44.4 Å². The quantitative estimate of drug-likeness (QED) is 0.807. The normalized spacial score (nSPS) is 16.1. The number of carbonyl (C=O) groups is 2. The maximum Gasteiger partial charge on any atom is 0.339 e. The number of pyridine rings is 1. The first-order valence-electron chi connectivity index (χ1n) is 9.90. The van der Waals surface area contributed by atoms with Gasteiger partial charge in [0, 0.05) is 17.1 Å². The number of nitrogens with one attached hydrogen (secondary N) is 1. The summed E-state index contributed by atoms with van der Waals surface area (Å²) in [6.45, 7) is 5.54. The summed E-state index contributed by atoms with van der Waals surface area (Å²) in [6, 6.07) is 7.75. The molecule has 144 valence electrons. The number of fused-ring (bicyclic) bond motifs is 1. The van der Waals surface area contributed by atoms with Gasteiger partial charge in [-0.15, -0.1) is 0 Å². The van der Waals surface area contributed by atoms with E-state index in [1.807, 2.05) is 38.1 Å². The van der Waals surface area contributed by atoms with Crippen molar-refractivity contribution in [1.82, 2.24) is 10.3 Å².